The summed E-state index contributed by atoms with van der Waals surface area (Å²) >= 11 is 0. The molecule has 0 atom stereocenters. The number of carbonyl (C=O) groups excluding carboxylic acids is 7. The Morgan fingerprint density at radius 1 is 0.743 bits per heavy atom. The van der Waals surface area contributed by atoms with Crippen molar-refractivity contribution < 1.29 is 53.1 Å². The molecule has 2 rings (SSSR count). The summed E-state index contributed by atoms with van der Waals surface area (Å²) < 4.78 is 0. The Bertz CT molecular complexity index is 787. The number of rotatable bonds is 12. The Morgan fingerprint density at radius 2 is 1.11 bits per heavy atom. The Morgan fingerprint density at radius 3 is 1.46 bits per heavy atom. The number of aliphatic carboxylic acids is 1. The highest BCUT2D eigenvalue weighted by molar-refractivity contribution is 6.02. The van der Waals surface area contributed by atoms with E-state index in [0.29, 0.717) is 10.1 Å². The van der Waals surface area contributed by atoms with E-state index < -0.39 is 60.3 Å². The van der Waals surface area contributed by atoms with Gasteiger partial charge in [-0.3, -0.25) is 28.8 Å². The molecule has 2 saturated heterocycles. The summed E-state index contributed by atoms with van der Waals surface area (Å²) in [6.07, 6.45) is -1.57. The normalized spacial score (nSPS) is 15.0. The van der Waals surface area contributed by atoms with Crippen LogP contribution in [0.15, 0.2) is 0 Å². The lowest BCUT2D eigenvalue weighted by Gasteiger charge is -2.23. The number of nitrogens with two attached hydrogens (primary N) is 1. The van der Waals surface area contributed by atoms with Crippen LogP contribution in [0.3, 0.4) is 0 Å². The van der Waals surface area contributed by atoms with E-state index in [1.807, 2.05) is 0 Å². The first kappa shape index (κ1) is 29.2. The standard InChI is InChI=1S/C19H23N3O11.CH5N/c23-12(2-1-3-17(28)29)20(10-8-18(30)32-21-13(24)4-5-14(21)25)11-9-19(31)33-22-15(26)6-7-16(22)27;1-2/h1-11H2,(H,28,29);2H2,1H3. The van der Waals surface area contributed by atoms with Crippen molar-refractivity contribution in [2.24, 2.45) is 5.73 Å². The molecular formula is C20H28N4O11. The highest BCUT2D eigenvalue weighted by Gasteiger charge is 2.34. The summed E-state index contributed by atoms with van der Waals surface area (Å²) in [6, 6.07) is 0. The van der Waals surface area contributed by atoms with Crippen molar-refractivity contribution in [1.82, 2.24) is 15.0 Å². The van der Waals surface area contributed by atoms with Crippen molar-refractivity contribution >= 4 is 47.4 Å². The molecule has 2 aliphatic rings. The second-order valence-corrected chi connectivity index (χ2v) is 7.22. The van der Waals surface area contributed by atoms with Crippen LogP contribution in [0.4, 0.5) is 0 Å². The third-order valence-electron chi connectivity index (χ3n) is 4.70. The molecule has 0 aliphatic carbocycles. The van der Waals surface area contributed by atoms with Crippen LogP contribution < -0.4 is 5.73 Å². The first-order valence-electron chi connectivity index (χ1n) is 10.8. The smallest absolute Gasteiger partial charge is 0.334 e. The zero-order valence-corrected chi connectivity index (χ0v) is 19.2. The summed E-state index contributed by atoms with van der Waals surface area (Å²) in [5.74, 6) is -6.23. The molecule has 0 aromatic heterocycles. The van der Waals surface area contributed by atoms with E-state index in [9.17, 15) is 38.4 Å². The number of hydrogen-bond acceptors (Lipinski definition) is 11. The number of hydroxylamine groups is 4. The van der Waals surface area contributed by atoms with Gasteiger partial charge in [0.05, 0.1) is 12.8 Å². The first-order chi connectivity index (χ1) is 16.6. The third kappa shape index (κ3) is 9.48. The number of carbonyl (C=O) groups is 8. The van der Waals surface area contributed by atoms with Crippen LogP contribution in [-0.4, -0.2) is 87.7 Å². The Kier molecular flexibility index (Phi) is 12.0. The number of hydrogen-bond donors (Lipinski definition) is 2. The van der Waals surface area contributed by atoms with Gasteiger partial charge in [0.2, 0.25) is 5.91 Å². The summed E-state index contributed by atoms with van der Waals surface area (Å²) in [6.45, 7) is -0.508. The van der Waals surface area contributed by atoms with Crippen molar-refractivity contribution in [3.05, 3.63) is 0 Å². The van der Waals surface area contributed by atoms with Crippen LogP contribution in [0, 0.1) is 0 Å². The fraction of sp³-hybridized carbons (Fsp3) is 0.600. The van der Waals surface area contributed by atoms with Gasteiger partial charge in [0.25, 0.3) is 23.6 Å². The molecule has 15 nitrogen and oxygen atoms in total. The zero-order chi connectivity index (χ0) is 26.5. The Balaban J connectivity index is 0.00000298. The van der Waals surface area contributed by atoms with E-state index in [2.05, 4.69) is 5.73 Å². The van der Waals surface area contributed by atoms with Gasteiger partial charge < -0.3 is 25.4 Å². The van der Waals surface area contributed by atoms with E-state index >= 15 is 0 Å². The van der Waals surface area contributed by atoms with Gasteiger partial charge in [0.15, 0.2) is 0 Å². The molecule has 5 amide bonds. The van der Waals surface area contributed by atoms with E-state index in [4.69, 9.17) is 14.8 Å². The minimum atomic E-state index is -1.10. The largest absolute Gasteiger partial charge is 0.481 e. The second kappa shape index (κ2) is 14.4. The fourth-order valence-electron chi connectivity index (χ4n) is 2.97. The maximum atomic E-state index is 12.4. The third-order valence-corrected chi connectivity index (χ3v) is 4.70. The summed E-state index contributed by atoms with van der Waals surface area (Å²) in [7, 11) is 1.50. The molecule has 3 N–H and O–H groups in total. The molecule has 2 fully saturated rings. The average Bonchev–Trinajstić information content (AvgIpc) is 3.30. The number of amides is 5. The molecule has 0 unspecified atom stereocenters. The SMILES string of the molecule is CN.O=C(O)CCCC(=O)N(CCC(=O)ON1C(=O)CCC1=O)CCC(=O)ON1C(=O)CCC1=O. The van der Waals surface area contributed by atoms with Gasteiger partial charge in [0.1, 0.15) is 0 Å². The molecule has 2 heterocycles. The Hall–Kier alpha value is -3.88. The molecule has 2 aliphatic heterocycles. The van der Waals surface area contributed by atoms with Crippen LogP contribution in [0.25, 0.3) is 0 Å². The fourth-order valence-corrected chi connectivity index (χ4v) is 2.97. The highest BCUT2D eigenvalue weighted by Crippen LogP contribution is 2.14. The highest BCUT2D eigenvalue weighted by atomic mass is 16.7. The van der Waals surface area contributed by atoms with Gasteiger partial charge in [-0.05, 0) is 13.5 Å². The number of carboxylic acids is 1. The molecule has 0 saturated carbocycles. The number of imide groups is 2. The van der Waals surface area contributed by atoms with E-state index in [-0.39, 0.29) is 58.0 Å². The van der Waals surface area contributed by atoms with Crippen molar-refractivity contribution in [3.8, 4) is 0 Å². The average molecular weight is 500 g/mol. The van der Waals surface area contributed by atoms with Crippen molar-refractivity contribution in [2.75, 3.05) is 20.1 Å². The van der Waals surface area contributed by atoms with Gasteiger partial charge in [-0.2, -0.15) is 0 Å². The van der Waals surface area contributed by atoms with Crippen LogP contribution in [0.2, 0.25) is 0 Å². The minimum absolute atomic E-state index is 0.0210. The molecule has 0 spiro atoms. The van der Waals surface area contributed by atoms with Crippen molar-refractivity contribution in [1.29, 1.82) is 0 Å². The van der Waals surface area contributed by atoms with E-state index in [0.717, 1.165) is 4.90 Å². The second-order valence-electron chi connectivity index (χ2n) is 7.22. The first-order valence-corrected chi connectivity index (χ1v) is 10.8. The maximum absolute atomic E-state index is 12.4. The van der Waals surface area contributed by atoms with Gasteiger partial charge in [-0.25, -0.2) is 9.59 Å². The number of carboxylic acid groups (broad SMARTS) is 1. The van der Waals surface area contributed by atoms with Crippen molar-refractivity contribution in [3.63, 3.8) is 0 Å². The molecular weight excluding hydrogens is 472 g/mol. The molecule has 0 radical (unpaired) electrons. The van der Waals surface area contributed by atoms with Crippen LogP contribution in [0.5, 0.6) is 0 Å². The quantitative estimate of drug-likeness (QED) is 0.297. The Labute approximate surface area is 200 Å². The van der Waals surface area contributed by atoms with Crippen LogP contribution in [-0.2, 0) is 48.0 Å². The van der Waals surface area contributed by atoms with Gasteiger partial charge in [0, 0.05) is 51.6 Å². The summed E-state index contributed by atoms with van der Waals surface area (Å²) in [4.78, 5) is 104. The predicted molar refractivity (Wildman–Crippen MR) is 112 cm³/mol. The zero-order valence-electron chi connectivity index (χ0n) is 19.2. The molecule has 15 heteroatoms. The summed E-state index contributed by atoms with van der Waals surface area (Å²) in [5.41, 5.74) is 4.50. The maximum Gasteiger partial charge on any atom is 0.334 e. The molecule has 0 aromatic rings. The van der Waals surface area contributed by atoms with E-state index in [1.54, 1.807) is 0 Å². The predicted octanol–water partition coefficient (Wildman–Crippen LogP) is -1.36. The topological polar surface area (TPSA) is 211 Å². The molecule has 35 heavy (non-hydrogen) atoms. The lowest BCUT2D eigenvalue weighted by atomic mass is 10.2. The summed E-state index contributed by atoms with van der Waals surface area (Å²) in [5, 5.41) is 9.44. The van der Waals surface area contributed by atoms with Crippen LogP contribution in [0.1, 0.15) is 57.8 Å². The molecule has 194 valence electrons. The van der Waals surface area contributed by atoms with Gasteiger partial charge >= 0.3 is 17.9 Å². The van der Waals surface area contributed by atoms with Gasteiger partial charge in [-0.15, -0.1) is 10.1 Å². The van der Waals surface area contributed by atoms with E-state index in [1.165, 1.54) is 7.05 Å². The lowest BCUT2D eigenvalue weighted by Crippen LogP contribution is -2.38. The van der Waals surface area contributed by atoms with Crippen molar-refractivity contribution in [2.45, 2.75) is 57.8 Å². The monoisotopic (exact) mass is 500 g/mol. The molecule has 0 bridgehead atoms. The minimum Gasteiger partial charge on any atom is -0.481 e. The lowest BCUT2D eigenvalue weighted by molar-refractivity contribution is -0.198. The molecule has 0 aromatic carbocycles. The van der Waals surface area contributed by atoms with Crippen LogP contribution >= 0.6 is 0 Å². The van der Waals surface area contributed by atoms with Gasteiger partial charge in [-0.1, -0.05) is 0 Å². The number of nitrogens with zero attached hydrogens (tertiary/aromatic N) is 3.